The Morgan fingerprint density at radius 1 is 0.929 bits per heavy atom. The molecule has 0 bridgehead atoms. The maximum absolute atomic E-state index is 10.6. The van der Waals surface area contributed by atoms with Crippen LogP contribution < -0.4 is 0 Å². The molecular weight excluding hydrogens is 293 g/mol. The summed E-state index contributed by atoms with van der Waals surface area (Å²) < 4.78 is 0. The van der Waals surface area contributed by atoms with E-state index >= 15 is 0 Å². The van der Waals surface area contributed by atoms with Gasteiger partial charge in [0.15, 0.2) is 0 Å². The Labute approximate surface area is 104 Å². The zero-order chi connectivity index (χ0) is 11.0. The lowest BCUT2D eigenvalue weighted by Crippen LogP contribution is -1.98. The number of aliphatic carboxylic acids is 1. The minimum absolute atomic E-state index is 0.00673. The van der Waals surface area contributed by atoms with Gasteiger partial charge in [-0.3, -0.25) is 0 Å². The lowest BCUT2D eigenvalue weighted by molar-refractivity contribution is -0.131. The van der Waals surface area contributed by atoms with Gasteiger partial charge in [0, 0.05) is 5.57 Å². The normalized spacial score (nSPS) is 16.8. The Morgan fingerprint density at radius 3 is 1.57 bits per heavy atom. The summed E-state index contributed by atoms with van der Waals surface area (Å²) in [6.07, 6.45) is 0. The van der Waals surface area contributed by atoms with Crippen molar-refractivity contribution in [2.45, 2.75) is 0 Å². The molecule has 14 heavy (non-hydrogen) atoms. The van der Waals surface area contributed by atoms with Crippen LogP contribution in [0.15, 0.2) is 30.7 Å². The zero-order valence-electron chi connectivity index (χ0n) is 6.25. The summed E-state index contributed by atoms with van der Waals surface area (Å²) >= 11 is 28.1. The molecule has 0 aliphatic heterocycles. The number of carboxylic acid groups (broad SMARTS) is 1. The van der Waals surface area contributed by atoms with Crippen LogP contribution in [0.3, 0.4) is 0 Å². The van der Waals surface area contributed by atoms with Gasteiger partial charge in [-0.25, -0.2) is 4.79 Å². The summed E-state index contributed by atoms with van der Waals surface area (Å²) in [5.74, 6) is -1.35. The van der Waals surface area contributed by atoms with E-state index < -0.39 is 11.0 Å². The second-order valence-corrected chi connectivity index (χ2v) is 4.14. The van der Waals surface area contributed by atoms with Crippen molar-refractivity contribution >= 4 is 64.0 Å². The van der Waals surface area contributed by atoms with Crippen LogP contribution in [0, 0.1) is 0 Å². The monoisotopic (exact) mass is 292 g/mol. The van der Waals surface area contributed by atoms with Gasteiger partial charge in [-0.2, -0.15) is 0 Å². The predicted molar refractivity (Wildman–Crippen MR) is 58.0 cm³/mol. The molecule has 2 nitrogen and oxygen atoms in total. The first kappa shape index (κ1) is 12.2. The summed E-state index contributed by atoms with van der Waals surface area (Å²) in [5, 5.41) is 7.96. The molecule has 1 N–H and O–H groups in total. The number of carbonyl (C=O) groups is 1. The van der Waals surface area contributed by atoms with Crippen LogP contribution in [-0.2, 0) is 4.79 Å². The van der Waals surface area contributed by atoms with Crippen molar-refractivity contribution in [1.82, 2.24) is 0 Å². The summed E-state index contributed by atoms with van der Waals surface area (Å²) in [5.41, 5.74) is -0.0579. The van der Waals surface area contributed by atoms with Crippen LogP contribution in [-0.4, -0.2) is 11.1 Å². The van der Waals surface area contributed by atoms with Gasteiger partial charge in [-0.05, 0) is 0 Å². The number of halogens is 5. The van der Waals surface area contributed by atoms with Crippen molar-refractivity contribution < 1.29 is 9.90 Å². The minimum Gasteiger partial charge on any atom is -0.477 e. The highest BCUT2D eigenvalue weighted by molar-refractivity contribution is 6.56. The van der Waals surface area contributed by atoms with Crippen molar-refractivity contribution in [3.8, 4) is 0 Å². The predicted octanol–water partition coefficient (Wildman–Crippen LogP) is 3.96. The molecule has 0 spiro atoms. The first-order valence-corrected chi connectivity index (χ1v) is 5.01. The van der Waals surface area contributed by atoms with Crippen molar-refractivity contribution in [1.29, 1.82) is 0 Å². The number of hydrogen-bond acceptors (Lipinski definition) is 1. The van der Waals surface area contributed by atoms with E-state index in [1.54, 1.807) is 0 Å². The topological polar surface area (TPSA) is 37.3 Å². The number of hydrogen-bond donors (Lipinski definition) is 1. The fourth-order valence-corrected chi connectivity index (χ4v) is 2.18. The second kappa shape index (κ2) is 4.33. The number of carboxylic acids is 1. The van der Waals surface area contributed by atoms with Crippen molar-refractivity contribution in [3.05, 3.63) is 30.7 Å². The van der Waals surface area contributed by atoms with Crippen LogP contribution >= 0.6 is 58.0 Å². The van der Waals surface area contributed by atoms with E-state index in [0.29, 0.717) is 0 Å². The molecule has 0 fully saturated rings. The van der Waals surface area contributed by atoms with Crippen molar-refractivity contribution in [3.63, 3.8) is 0 Å². The highest BCUT2D eigenvalue weighted by Gasteiger charge is 2.29. The third-order valence-corrected chi connectivity index (χ3v) is 3.58. The Morgan fingerprint density at radius 2 is 1.29 bits per heavy atom. The fraction of sp³-hybridized carbons (Fsp3) is 0. The second-order valence-electron chi connectivity index (χ2n) is 2.25. The molecule has 1 aliphatic carbocycles. The Balaban J connectivity index is 3.43. The van der Waals surface area contributed by atoms with Gasteiger partial charge in [0.25, 0.3) is 0 Å². The van der Waals surface area contributed by atoms with Crippen molar-refractivity contribution in [2.24, 2.45) is 0 Å². The van der Waals surface area contributed by atoms with E-state index in [1.807, 2.05) is 0 Å². The first-order chi connectivity index (χ1) is 6.37. The highest BCUT2D eigenvalue weighted by Crippen LogP contribution is 2.46. The van der Waals surface area contributed by atoms with Gasteiger partial charge in [0.05, 0.1) is 20.1 Å². The SMILES string of the molecule is O=C(O)C(Cl)=C1C(Cl)=C(Cl)C(Cl)=C1Cl. The van der Waals surface area contributed by atoms with E-state index in [1.165, 1.54) is 0 Å². The molecule has 0 unspecified atom stereocenters. The highest BCUT2D eigenvalue weighted by atomic mass is 35.5. The van der Waals surface area contributed by atoms with Crippen LogP contribution in [0.1, 0.15) is 0 Å². The van der Waals surface area contributed by atoms with Crippen LogP contribution in [0.25, 0.3) is 0 Å². The third kappa shape index (κ3) is 1.90. The lowest BCUT2D eigenvalue weighted by atomic mass is 10.2. The quantitative estimate of drug-likeness (QED) is 0.743. The Kier molecular flexibility index (Phi) is 3.78. The van der Waals surface area contributed by atoms with Gasteiger partial charge in [-0.15, -0.1) is 0 Å². The van der Waals surface area contributed by atoms with Gasteiger partial charge < -0.3 is 5.11 Å². The van der Waals surface area contributed by atoms with E-state index in [4.69, 9.17) is 63.1 Å². The molecule has 1 aliphatic rings. The Hall–Kier alpha value is 0.140. The molecule has 7 heteroatoms. The molecule has 0 aromatic rings. The third-order valence-electron chi connectivity index (χ3n) is 1.42. The summed E-state index contributed by atoms with van der Waals surface area (Å²) in [4.78, 5) is 10.6. The molecule has 1 rings (SSSR count). The number of allylic oxidation sites excluding steroid dienone is 5. The smallest absolute Gasteiger partial charge is 0.348 e. The van der Waals surface area contributed by atoms with Crippen LogP contribution in [0.2, 0.25) is 0 Å². The number of rotatable bonds is 1. The van der Waals surface area contributed by atoms with Crippen molar-refractivity contribution in [2.75, 3.05) is 0 Å². The molecule has 0 radical (unpaired) electrons. The fourth-order valence-electron chi connectivity index (χ4n) is 0.808. The van der Waals surface area contributed by atoms with Crippen LogP contribution in [0.4, 0.5) is 0 Å². The van der Waals surface area contributed by atoms with Gasteiger partial charge >= 0.3 is 5.97 Å². The summed E-state index contributed by atoms with van der Waals surface area (Å²) in [7, 11) is 0. The Bertz CT molecular complexity index is 378. The molecule has 0 heterocycles. The average Bonchev–Trinajstić information content (AvgIpc) is 2.30. The van der Waals surface area contributed by atoms with Gasteiger partial charge in [0.1, 0.15) is 5.03 Å². The molecule has 0 aromatic heterocycles. The molecule has 0 saturated carbocycles. The summed E-state index contributed by atoms with van der Waals surface area (Å²) in [6.45, 7) is 0. The van der Waals surface area contributed by atoms with E-state index in [0.717, 1.165) is 0 Å². The molecule has 0 aromatic carbocycles. The molecule has 0 atom stereocenters. The van der Waals surface area contributed by atoms with Gasteiger partial charge in [-0.1, -0.05) is 58.0 Å². The first-order valence-electron chi connectivity index (χ1n) is 3.12. The van der Waals surface area contributed by atoms with E-state index in [9.17, 15) is 4.79 Å². The molecule has 76 valence electrons. The maximum atomic E-state index is 10.6. The average molecular weight is 294 g/mol. The van der Waals surface area contributed by atoms with Crippen LogP contribution in [0.5, 0.6) is 0 Å². The van der Waals surface area contributed by atoms with Gasteiger partial charge in [0.2, 0.25) is 0 Å². The summed E-state index contributed by atoms with van der Waals surface area (Å²) in [6, 6.07) is 0. The minimum atomic E-state index is -1.35. The molecule has 0 amide bonds. The lowest BCUT2D eigenvalue weighted by Gasteiger charge is -2.00. The standard InChI is InChI=1S/C7HCl5O2/c8-2-1(4(10)7(13)14)3(9)6(12)5(2)11/h(H,13,14). The van der Waals surface area contributed by atoms with E-state index in [-0.39, 0.29) is 25.7 Å². The molecule has 0 saturated heterocycles. The molecular formula is C7HCl5O2. The largest absolute Gasteiger partial charge is 0.477 e. The maximum Gasteiger partial charge on any atom is 0.348 e. The van der Waals surface area contributed by atoms with E-state index in [2.05, 4.69) is 0 Å². The zero-order valence-corrected chi connectivity index (χ0v) is 10.0.